The van der Waals surface area contributed by atoms with Crippen molar-refractivity contribution in [3.8, 4) is 0 Å². The van der Waals surface area contributed by atoms with Gasteiger partial charge in [-0.15, -0.1) is 0 Å². The Morgan fingerprint density at radius 1 is 1.23 bits per heavy atom. The van der Waals surface area contributed by atoms with Crippen LogP contribution in [0.2, 0.25) is 0 Å². The molecule has 140 valence electrons. The minimum atomic E-state index is -0.273. The zero-order chi connectivity index (χ0) is 18.7. The predicted molar refractivity (Wildman–Crippen MR) is 103 cm³/mol. The quantitative estimate of drug-likeness (QED) is 0.836. The monoisotopic (exact) mass is 356 g/mol. The second kappa shape index (κ2) is 8.04. The first-order valence-electron chi connectivity index (χ1n) is 9.43. The topological polar surface area (TPSA) is 62.6 Å². The Hall–Kier alpha value is -2.14. The molecular formula is C21H28N2O3. The van der Waals surface area contributed by atoms with Gasteiger partial charge in [-0.3, -0.25) is 9.69 Å². The highest BCUT2D eigenvalue weighted by molar-refractivity contribution is 5.83. The fraction of sp³-hybridized carbons (Fsp3) is 0.524. The van der Waals surface area contributed by atoms with Gasteiger partial charge in [-0.2, -0.15) is 0 Å². The fourth-order valence-electron chi connectivity index (χ4n) is 3.94. The van der Waals surface area contributed by atoms with Crippen LogP contribution in [0.5, 0.6) is 0 Å². The maximum absolute atomic E-state index is 12.0. The molecule has 1 aromatic heterocycles. The largest absolute Gasteiger partial charge is 0.422 e. The van der Waals surface area contributed by atoms with Gasteiger partial charge in [0.15, 0.2) is 0 Å². The summed E-state index contributed by atoms with van der Waals surface area (Å²) in [5.41, 5.74) is 3.69. The second-order valence-electron chi connectivity index (χ2n) is 7.54. The summed E-state index contributed by atoms with van der Waals surface area (Å²) >= 11 is 0. The lowest BCUT2D eigenvalue weighted by Gasteiger charge is -2.32. The van der Waals surface area contributed by atoms with Gasteiger partial charge in [0.05, 0.1) is 0 Å². The molecule has 5 heteroatoms. The Bertz CT molecular complexity index is 848. The Balaban J connectivity index is 1.67. The number of carbonyl (C=O) groups is 1. The first-order chi connectivity index (χ1) is 12.4. The van der Waals surface area contributed by atoms with Crippen LogP contribution in [0.3, 0.4) is 0 Å². The van der Waals surface area contributed by atoms with E-state index in [2.05, 4.69) is 29.3 Å². The van der Waals surface area contributed by atoms with E-state index in [1.54, 1.807) is 13.0 Å². The Kier molecular flexibility index (Phi) is 5.77. The van der Waals surface area contributed by atoms with Crippen molar-refractivity contribution in [1.29, 1.82) is 0 Å². The number of nitrogens with one attached hydrogen (secondary N) is 1. The molecular weight excluding hydrogens is 328 g/mol. The smallest absolute Gasteiger partial charge is 0.336 e. The third-order valence-electron chi connectivity index (χ3n) is 5.29. The van der Waals surface area contributed by atoms with Crippen molar-refractivity contribution in [2.45, 2.75) is 46.6 Å². The summed E-state index contributed by atoms with van der Waals surface area (Å²) in [6.07, 6.45) is 3.32. The van der Waals surface area contributed by atoms with Crippen LogP contribution in [-0.4, -0.2) is 30.4 Å². The lowest BCUT2D eigenvalue weighted by atomic mass is 9.93. The number of hydrogen-bond acceptors (Lipinski definition) is 4. The van der Waals surface area contributed by atoms with E-state index in [4.69, 9.17) is 4.42 Å². The maximum atomic E-state index is 12.0. The van der Waals surface area contributed by atoms with Crippen LogP contribution in [0.25, 0.3) is 11.0 Å². The van der Waals surface area contributed by atoms with Crippen molar-refractivity contribution in [2.24, 2.45) is 5.92 Å². The molecule has 1 fully saturated rings. The number of piperidine rings is 1. The van der Waals surface area contributed by atoms with E-state index < -0.39 is 0 Å². The van der Waals surface area contributed by atoms with Crippen LogP contribution >= 0.6 is 0 Å². The minimum Gasteiger partial charge on any atom is -0.422 e. The van der Waals surface area contributed by atoms with Gasteiger partial charge >= 0.3 is 5.63 Å². The Labute approximate surface area is 154 Å². The number of rotatable bonds is 5. The lowest BCUT2D eigenvalue weighted by Crippen LogP contribution is -2.34. The zero-order valence-corrected chi connectivity index (χ0v) is 15.9. The van der Waals surface area contributed by atoms with E-state index >= 15 is 0 Å². The molecule has 1 N–H and O–H groups in total. The zero-order valence-electron chi connectivity index (χ0n) is 15.9. The number of nitrogens with zero attached hydrogens (tertiary/aromatic N) is 1. The molecule has 1 saturated heterocycles. The highest BCUT2D eigenvalue weighted by atomic mass is 16.4. The molecule has 26 heavy (non-hydrogen) atoms. The van der Waals surface area contributed by atoms with Gasteiger partial charge in [0, 0.05) is 31.5 Å². The number of hydrogen-bond donors (Lipinski definition) is 1. The number of aryl methyl sites for hydroxylation is 2. The normalized spacial score (nSPS) is 16.1. The number of carbonyl (C=O) groups excluding carboxylic acids is 1. The number of fused-ring (bicyclic) bond motifs is 1. The molecule has 0 saturated carbocycles. The molecule has 2 heterocycles. The van der Waals surface area contributed by atoms with Gasteiger partial charge in [0.25, 0.3) is 0 Å². The summed E-state index contributed by atoms with van der Waals surface area (Å²) in [4.78, 5) is 25.4. The van der Waals surface area contributed by atoms with Crippen molar-refractivity contribution < 1.29 is 9.21 Å². The molecule has 0 aliphatic carbocycles. The summed E-state index contributed by atoms with van der Waals surface area (Å²) in [5, 5.41) is 3.93. The highest BCUT2D eigenvalue weighted by Gasteiger charge is 2.20. The predicted octanol–water partition coefficient (Wildman–Crippen LogP) is 3.15. The summed E-state index contributed by atoms with van der Waals surface area (Å²) in [6.45, 7) is 9.22. The van der Waals surface area contributed by atoms with E-state index in [1.807, 2.05) is 6.92 Å². The van der Waals surface area contributed by atoms with E-state index in [1.165, 1.54) is 5.56 Å². The molecule has 0 radical (unpaired) electrons. The third-order valence-corrected chi connectivity index (χ3v) is 5.29. The van der Waals surface area contributed by atoms with Crippen molar-refractivity contribution >= 4 is 16.9 Å². The lowest BCUT2D eigenvalue weighted by molar-refractivity contribution is -0.119. The highest BCUT2D eigenvalue weighted by Crippen LogP contribution is 2.26. The van der Waals surface area contributed by atoms with Gasteiger partial charge < -0.3 is 9.73 Å². The molecule has 1 aliphatic heterocycles. The second-order valence-corrected chi connectivity index (χ2v) is 7.54. The van der Waals surface area contributed by atoms with Crippen LogP contribution in [-0.2, 0) is 11.3 Å². The molecule has 0 bridgehead atoms. The van der Waals surface area contributed by atoms with Gasteiger partial charge in [-0.25, -0.2) is 4.79 Å². The molecule has 3 rings (SSSR count). The van der Waals surface area contributed by atoms with Crippen molar-refractivity contribution in [3.05, 3.63) is 45.3 Å². The van der Waals surface area contributed by atoms with Gasteiger partial charge in [0.2, 0.25) is 5.91 Å². The van der Waals surface area contributed by atoms with Crippen molar-refractivity contribution in [1.82, 2.24) is 10.2 Å². The van der Waals surface area contributed by atoms with Gasteiger partial charge in [-0.05, 0) is 74.9 Å². The van der Waals surface area contributed by atoms with Crippen LogP contribution in [0, 0.1) is 19.8 Å². The summed E-state index contributed by atoms with van der Waals surface area (Å²) in [5.74, 6) is 0.711. The average molecular weight is 356 g/mol. The summed E-state index contributed by atoms with van der Waals surface area (Å²) < 4.78 is 5.45. The van der Waals surface area contributed by atoms with Crippen molar-refractivity contribution in [2.75, 3.05) is 19.6 Å². The van der Waals surface area contributed by atoms with Crippen LogP contribution < -0.4 is 10.9 Å². The van der Waals surface area contributed by atoms with Crippen LogP contribution in [0.4, 0.5) is 0 Å². The minimum absolute atomic E-state index is 0.0443. The van der Waals surface area contributed by atoms with Crippen LogP contribution in [0.15, 0.2) is 27.4 Å². The number of benzene rings is 1. The van der Waals surface area contributed by atoms with E-state index in [0.29, 0.717) is 11.5 Å². The Morgan fingerprint density at radius 2 is 1.96 bits per heavy atom. The first-order valence-corrected chi connectivity index (χ1v) is 9.43. The fourth-order valence-corrected chi connectivity index (χ4v) is 3.94. The third kappa shape index (κ3) is 4.52. The molecule has 0 atom stereocenters. The number of amides is 1. The van der Waals surface area contributed by atoms with E-state index in [-0.39, 0.29) is 11.5 Å². The number of likely N-dealkylation sites (tertiary alicyclic amines) is 1. The van der Waals surface area contributed by atoms with Gasteiger partial charge in [-0.1, -0.05) is 6.07 Å². The maximum Gasteiger partial charge on any atom is 0.336 e. The van der Waals surface area contributed by atoms with E-state index in [0.717, 1.165) is 62.0 Å². The molecule has 1 aromatic carbocycles. The van der Waals surface area contributed by atoms with Crippen molar-refractivity contribution in [3.63, 3.8) is 0 Å². The SMILES string of the molecule is CC(=O)NCCC1CCN(Cc2cc(=O)oc3c(C)cc(C)cc23)CC1. The molecule has 5 nitrogen and oxygen atoms in total. The molecule has 0 unspecified atom stereocenters. The Morgan fingerprint density at radius 3 is 2.65 bits per heavy atom. The standard InChI is InChI=1S/C21H28N2O3/c1-14-10-15(2)21-19(11-14)18(12-20(25)26-21)13-23-8-5-17(6-9-23)4-7-22-16(3)24/h10-12,17H,4-9,13H2,1-3H3,(H,22,24). The van der Waals surface area contributed by atoms with E-state index in [9.17, 15) is 9.59 Å². The first kappa shape index (κ1) is 18.6. The molecule has 0 spiro atoms. The van der Waals surface area contributed by atoms with Crippen LogP contribution in [0.1, 0.15) is 42.9 Å². The molecule has 1 amide bonds. The average Bonchev–Trinajstić information content (AvgIpc) is 2.57. The molecule has 1 aliphatic rings. The summed E-state index contributed by atoms with van der Waals surface area (Å²) in [7, 11) is 0. The van der Waals surface area contributed by atoms with Gasteiger partial charge in [0.1, 0.15) is 5.58 Å². The summed E-state index contributed by atoms with van der Waals surface area (Å²) in [6, 6.07) is 5.81. The molecule has 2 aromatic rings.